The topological polar surface area (TPSA) is 57.5 Å². The number of carbonyl (C=O) groups is 1. The number of alkyl halides is 3. The van der Waals surface area contributed by atoms with Crippen molar-refractivity contribution in [2.24, 2.45) is 0 Å². The molecule has 0 amide bonds. The van der Waals surface area contributed by atoms with Crippen LogP contribution in [0.3, 0.4) is 0 Å². The fraction of sp³-hybridized carbons (Fsp3) is 0.800. The van der Waals surface area contributed by atoms with Gasteiger partial charge in [-0.25, -0.2) is 4.79 Å². The van der Waals surface area contributed by atoms with E-state index >= 15 is 0 Å². The number of aliphatic hydroxyl groups is 1. The van der Waals surface area contributed by atoms with Crippen molar-refractivity contribution in [2.45, 2.75) is 25.1 Å². The second-order valence-electron chi connectivity index (χ2n) is 2.02. The molecule has 0 aromatic carbocycles. The molecule has 11 heavy (non-hydrogen) atoms. The molecule has 1 atom stereocenters. The lowest BCUT2D eigenvalue weighted by Crippen LogP contribution is -2.51. The number of rotatable bonds is 2. The van der Waals surface area contributed by atoms with E-state index in [1.54, 1.807) is 0 Å². The summed E-state index contributed by atoms with van der Waals surface area (Å²) >= 11 is 0. The molecule has 0 fully saturated rings. The van der Waals surface area contributed by atoms with Gasteiger partial charge in [0.05, 0.1) is 0 Å². The zero-order valence-electron chi connectivity index (χ0n) is 5.64. The first kappa shape index (κ1) is 10.2. The monoisotopic (exact) mass is 172 g/mol. The van der Waals surface area contributed by atoms with Crippen LogP contribution < -0.4 is 0 Å². The van der Waals surface area contributed by atoms with Crippen molar-refractivity contribution < 1.29 is 28.2 Å². The van der Waals surface area contributed by atoms with Gasteiger partial charge in [-0.05, 0) is 6.42 Å². The summed E-state index contributed by atoms with van der Waals surface area (Å²) in [5.41, 5.74) is -3.60. The third kappa shape index (κ3) is 1.62. The van der Waals surface area contributed by atoms with Crippen LogP contribution in [-0.4, -0.2) is 28.0 Å². The molecule has 0 aromatic heterocycles. The molecule has 0 saturated heterocycles. The average Bonchev–Trinajstić information content (AvgIpc) is 1.83. The maximum absolute atomic E-state index is 11.7. The fourth-order valence-electron chi connectivity index (χ4n) is 0.473. The van der Waals surface area contributed by atoms with Gasteiger partial charge in [0, 0.05) is 0 Å². The molecule has 0 radical (unpaired) electrons. The van der Waals surface area contributed by atoms with Gasteiger partial charge in [0.2, 0.25) is 0 Å². The first-order valence-electron chi connectivity index (χ1n) is 2.78. The Morgan fingerprint density at radius 3 is 1.82 bits per heavy atom. The van der Waals surface area contributed by atoms with Gasteiger partial charge in [0.25, 0.3) is 5.60 Å². The van der Waals surface area contributed by atoms with Crippen LogP contribution in [0.15, 0.2) is 0 Å². The molecule has 0 aromatic rings. The molecule has 0 heterocycles. The minimum Gasteiger partial charge on any atom is -0.479 e. The summed E-state index contributed by atoms with van der Waals surface area (Å²) in [5, 5.41) is 16.5. The van der Waals surface area contributed by atoms with Gasteiger partial charge in [-0.3, -0.25) is 0 Å². The first-order chi connectivity index (χ1) is 4.75. The molecule has 0 bridgehead atoms. The van der Waals surface area contributed by atoms with E-state index in [9.17, 15) is 18.0 Å². The number of carboxylic acids is 1. The van der Waals surface area contributed by atoms with Gasteiger partial charge < -0.3 is 10.2 Å². The summed E-state index contributed by atoms with van der Waals surface area (Å²) in [4.78, 5) is 9.93. The molecule has 2 N–H and O–H groups in total. The van der Waals surface area contributed by atoms with Crippen molar-refractivity contribution in [2.75, 3.05) is 0 Å². The second-order valence-corrected chi connectivity index (χ2v) is 2.02. The minimum absolute atomic E-state index is 0.897. The molecular weight excluding hydrogens is 165 g/mol. The van der Waals surface area contributed by atoms with Crippen LogP contribution in [0.2, 0.25) is 0 Å². The van der Waals surface area contributed by atoms with Crippen LogP contribution in [0.1, 0.15) is 13.3 Å². The Hall–Kier alpha value is -0.780. The summed E-state index contributed by atoms with van der Waals surface area (Å²) in [5.74, 6) is -2.27. The molecule has 0 unspecified atom stereocenters. The molecular formula is C5H7F3O3. The van der Waals surface area contributed by atoms with E-state index in [-0.39, 0.29) is 0 Å². The second kappa shape index (κ2) is 2.69. The first-order valence-corrected chi connectivity index (χ1v) is 2.78. The van der Waals surface area contributed by atoms with Gasteiger partial charge in [-0.1, -0.05) is 6.92 Å². The molecule has 0 aliphatic carbocycles. The van der Waals surface area contributed by atoms with E-state index in [0.717, 1.165) is 6.92 Å². The molecule has 0 rings (SSSR count). The molecule has 66 valence electrons. The quantitative estimate of drug-likeness (QED) is 0.646. The normalized spacial score (nSPS) is 17.5. The van der Waals surface area contributed by atoms with Gasteiger partial charge in [0.1, 0.15) is 0 Å². The standard InChI is InChI=1S/C5H7F3O3/c1-2-4(11,3(9)10)5(6,7)8/h11H,2H2,1H3,(H,9,10)/t4-/m1/s1. The molecule has 3 nitrogen and oxygen atoms in total. The largest absolute Gasteiger partial charge is 0.479 e. The van der Waals surface area contributed by atoms with Crippen molar-refractivity contribution >= 4 is 5.97 Å². The van der Waals surface area contributed by atoms with Crippen LogP contribution >= 0.6 is 0 Å². The van der Waals surface area contributed by atoms with Crippen LogP contribution in [0.25, 0.3) is 0 Å². The number of aliphatic carboxylic acids is 1. The number of carboxylic acid groups (broad SMARTS) is 1. The summed E-state index contributed by atoms with van der Waals surface area (Å²) in [7, 11) is 0. The smallest absolute Gasteiger partial charge is 0.428 e. The van der Waals surface area contributed by atoms with Crippen LogP contribution in [-0.2, 0) is 4.79 Å². The highest BCUT2D eigenvalue weighted by Crippen LogP contribution is 2.32. The number of hydrogen-bond donors (Lipinski definition) is 2. The number of halogens is 3. The van der Waals surface area contributed by atoms with E-state index in [1.807, 2.05) is 0 Å². The van der Waals surface area contributed by atoms with Crippen LogP contribution in [0, 0.1) is 0 Å². The Morgan fingerprint density at radius 2 is 1.82 bits per heavy atom. The highest BCUT2D eigenvalue weighted by Gasteiger charge is 2.58. The van der Waals surface area contributed by atoms with E-state index < -0.39 is 24.2 Å². The third-order valence-corrected chi connectivity index (χ3v) is 1.33. The Labute approximate surface area is 60.4 Å². The third-order valence-electron chi connectivity index (χ3n) is 1.33. The van der Waals surface area contributed by atoms with Gasteiger partial charge in [0.15, 0.2) is 0 Å². The lowest BCUT2D eigenvalue weighted by Gasteiger charge is -2.23. The minimum atomic E-state index is -5.12. The predicted octanol–water partition coefficient (Wildman–Crippen LogP) is 0.774. The zero-order chi connectivity index (χ0) is 9.28. The van der Waals surface area contributed by atoms with Crippen molar-refractivity contribution in [3.8, 4) is 0 Å². The van der Waals surface area contributed by atoms with E-state index in [2.05, 4.69) is 0 Å². The number of hydrogen-bond acceptors (Lipinski definition) is 2. The van der Waals surface area contributed by atoms with Crippen LogP contribution in [0.5, 0.6) is 0 Å². The van der Waals surface area contributed by atoms with E-state index in [1.165, 1.54) is 0 Å². The van der Waals surface area contributed by atoms with Gasteiger partial charge >= 0.3 is 12.1 Å². The average molecular weight is 172 g/mol. The van der Waals surface area contributed by atoms with Crippen molar-refractivity contribution in [1.29, 1.82) is 0 Å². The van der Waals surface area contributed by atoms with Crippen molar-refractivity contribution in [3.63, 3.8) is 0 Å². The fourth-order valence-corrected chi connectivity index (χ4v) is 0.473. The maximum atomic E-state index is 11.7. The lowest BCUT2D eigenvalue weighted by atomic mass is 10.0. The highest BCUT2D eigenvalue weighted by atomic mass is 19.4. The van der Waals surface area contributed by atoms with Gasteiger partial charge in [-0.2, -0.15) is 13.2 Å². The SMILES string of the molecule is CC[C@@](O)(C(=O)O)C(F)(F)F. The molecule has 0 aliphatic rings. The summed E-state index contributed by atoms with van der Waals surface area (Å²) in [6.45, 7) is 0.946. The van der Waals surface area contributed by atoms with Crippen molar-refractivity contribution in [1.82, 2.24) is 0 Å². The van der Waals surface area contributed by atoms with Crippen LogP contribution in [0.4, 0.5) is 13.2 Å². The Kier molecular flexibility index (Phi) is 2.50. The molecule has 0 spiro atoms. The summed E-state index contributed by atoms with van der Waals surface area (Å²) < 4.78 is 35.2. The maximum Gasteiger partial charge on any atom is 0.428 e. The van der Waals surface area contributed by atoms with Gasteiger partial charge in [-0.15, -0.1) is 0 Å². The van der Waals surface area contributed by atoms with E-state index in [4.69, 9.17) is 10.2 Å². The Bertz CT molecular complexity index is 165. The Morgan fingerprint density at radius 1 is 1.45 bits per heavy atom. The molecule has 0 aliphatic heterocycles. The Balaban J connectivity index is 4.75. The zero-order valence-corrected chi connectivity index (χ0v) is 5.64. The predicted molar refractivity (Wildman–Crippen MR) is 28.9 cm³/mol. The summed E-state index contributed by atoms with van der Waals surface area (Å²) in [6, 6.07) is 0. The molecule has 0 saturated carbocycles. The molecule has 6 heteroatoms. The van der Waals surface area contributed by atoms with Crippen molar-refractivity contribution in [3.05, 3.63) is 0 Å². The summed E-state index contributed by atoms with van der Waals surface area (Å²) in [6.07, 6.45) is -6.01. The van der Waals surface area contributed by atoms with E-state index in [0.29, 0.717) is 0 Å². The lowest BCUT2D eigenvalue weighted by molar-refractivity contribution is -0.260. The highest BCUT2D eigenvalue weighted by molar-refractivity contribution is 5.78.